The Hall–Kier alpha value is -2.90. The fourth-order valence-electron chi connectivity index (χ4n) is 5.08. The maximum absolute atomic E-state index is 12.6. The lowest BCUT2D eigenvalue weighted by atomic mass is 9.89. The quantitative estimate of drug-likeness (QED) is 0.403. The fourth-order valence-corrected chi connectivity index (χ4v) is 5.08. The van der Waals surface area contributed by atoms with Crippen molar-refractivity contribution in [2.24, 2.45) is 0 Å². The number of ether oxygens (including phenoxy) is 4. The lowest BCUT2D eigenvalue weighted by Gasteiger charge is -2.19. The molecular weight excluding hydrogens is 535 g/mol. The van der Waals surface area contributed by atoms with Crippen molar-refractivity contribution in [3.63, 3.8) is 0 Å². The summed E-state index contributed by atoms with van der Waals surface area (Å²) in [5.74, 6) is 2.48. The molecule has 2 aromatic carbocycles. The van der Waals surface area contributed by atoms with Crippen molar-refractivity contribution in [3.05, 3.63) is 70.3 Å². The van der Waals surface area contributed by atoms with Gasteiger partial charge in [-0.15, -0.1) is 0 Å². The molecule has 0 aromatic heterocycles. The van der Waals surface area contributed by atoms with Crippen LogP contribution in [0.25, 0.3) is 0 Å². The van der Waals surface area contributed by atoms with Crippen molar-refractivity contribution in [1.82, 2.24) is 5.32 Å². The van der Waals surface area contributed by atoms with E-state index in [4.69, 9.17) is 18.9 Å². The number of hydrogen-bond donors (Lipinski definition) is 1. The van der Waals surface area contributed by atoms with E-state index in [1.54, 1.807) is 0 Å². The Morgan fingerprint density at radius 3 is 2.02 bits per heavy atom. The molecule has 2 heterocycles. The van der Waals surface area contributed by atoms with E-state index >= 15 is 0 Å². The summed E-state index contributed by atoms with van der Waals surface area (Å²) >= 11 is 0. The van der Waals surface area contributed by atoms with E-state index in [-0.39, 0.29) is 12.2 Å². The third kappa shape index (κ3) is 9.30. The van der Waals surface area contributed by atoms with Gasteiger partial charge >= 0.3 is 12.1 Å². The molecule has 4 rings (SSSR count). The van der Waals surface area contributed by atoms with Gasteiger partial charge < -0.3 is 24.3 Å². The highest BCUT2D eigenvalue weighted by atomic mass is 19.4. The summed E-state index contributed by atoms with van der Waals surface area (Å²) in [6.45, 7) is 8.16. The van der Waals surface area contributed by atoms with Gasteiger partial charge in [-0.3, -0.25) is 4.79 Å². The van der Waals surface area contributed by atoms with Crippen molar-refractivity contribution >= 4 is 5.91 Å². The van der Waals surface area contributed by atoms with Crippen LogP contribution >= 0.6 is 0 Å². The molecule has 9 heteroatoms. The summed E-state index contributed by atoms with van der Waals surface area (Å²) < 4.78 is 61.3. The number of benzene rings is 2. The zero-order valence-corrected chi connectivity index (χ0v) is 24.0. The van der Waals surface area contributed by atoms with Crippen LogP contribution in [-0.4, -0.2) is 55.6 Å². The van der Waals surface area contributed by atoms with Crippen LogP contribution in [-0.2, 0) is 43.0 Å². The predicted molar refractivity (Wildman–Crippen MR) is 148 cm³/mol. The van der Waals surface area contributed by atoms with Crippen LogP contribution in [0.3, 0.4) is 0 Å². The van der Waals surface area contributed by atoms with E-state index in [1.807, 2.05) is 57.3 Å². The van der Waals surface area contributed by atoms with E-state index in [0.29, 0.717) is 26.1 Å². The fraction of sp³-hybridized carbons (Fsp3) is 0.531. The van der Waals surface area contributed by atoms with Crippen molar-refractivity contribution in [1.29, 1.82) is 0 Å². The van der Waals surface area contributed by atoms with Gasteiger partial charge in [0.1, 0.15) is 0 Å². The van der Waals surface area contributed by atoms with Gasteiger partial charge in [-0.2, -0.15) is 13.2 Å². The van der Waals surface area contributed by atoms with Gasteiger partial charge in [0.15, 0.2) is 11.6 Å². The lowest BCUT2D eigenvalue weighted by Crippen LogP contribution is -2.36. The summed E-state index contributed by atoms with van der Waals surface area (Å²) in [5, 5.41) is 1.82. The minimum Gasteiger partial charge on any atom is -0.348 e. The molecule has 2 saturated heterocycles. The summed E-state index contributed by atoms with van der Waals surface area (Å²) in [6.07, 6.45) is -1.50. The van der Waals surface area contributed by atoms with Gasteiger partial charge in [0.25, 0.3) is 0 Å². The first-order valence-corrected chi connectivity index (χ1v) is 14.0. The summed E-state index contributed by atoms with van der Waals surface area (Å²) in [4.78, 5) is 11.2. The van der Waals surface area contributed by atoms with Crippen LogP contribution in [0.2, 0.25) is 0 Å². The predicted octanol–water partition coefficient (Wildman–Crippen LogP) is 5.48. The SMILES string of the molecule is CC1(C)OCC(CCc2cc(Cc3ccccc3)c(CCC3COC(C)(C)O3)cc2C#CCNC(=O)C(F)(F)F)O1. The largest absolute Gasteiger partial charge is 0.471 e. The minimum atomic E-state index is -4.95. The second-order valence-corrected chi connectivity index (χ2v) is 11.4. The monoisotopic (exact) mass is 573 g/mol. The topological polar surface area (TPSA) is 66.0 Å². The molecule has 222 valence electrons. The minimum absolute atomic E-state index is 0.0377. The van der Waals surface area contributed by atoms with E-state index in [0.717, 1.165) is 41.5 Å². The molecule has 2 aliphatic heterocycles. The number of carbonyl (C=O) groups is 1. The molecule has 2 fully saturated rings. The van der Waals surface area contributed by atoms with E-state index < -0.39 is 30.2 Å². The first-order chi connectivity index (χ1) is 19.3. The molecule has 1 N–H and O–H groups in total. The van der Waals surface area contributed by atoms with E-state index in [2.05, 4.69) is 30.0 Å². The molecule has 2 aromatic rings. The van der Waals surface area contributed by atoms with Crippen LogP contribution < -0.4 is 5.32 Å². The van der Waals surface area contributed by atoms with Crippen molar-refractivity contribution in [2.75, 3.05) is 19.8 Å². The Balaban J connectivity index is 1.60. The van der Waals surface area contributed by atoms with Crippen molar-refractivity contribution in [2.45, 2.75) is 89.8 Å². The number of aryl methyl sites for hydroxylation is 2. The highest BCUT2D eigenvalue weighted by Gasteiger charge is 2.38. The third-order valence-electron chi connectivity index (χ3n) is 7.09. The standard InChI is InChI=1S/C32H38F3NO5/c1-30(2)38-20-27(40-30)14-12-24-19-26(17-22-9-6-5-7-10-22)25(13-15-28-21-39-31(3,4)41-28)18-23(24)11-8-16-36-29(37)32(33,34)35/h5-7,9-10,18-19,27-28H,12-17,20-21H2,1-4H3,(H,36,37). The number of rotatable bonds is 9. The maximum atomic E-state index is 12.6. The molecule has 0 bridgehead atoms. The van der Waals surface area contributed by atoms with Crippen LogP contribution in [0.5, 0.6) is 0 Å². The Morgan fingerprint density at radius 2 is 1.49 bits per heavy atom. The number of alkyl halides is 3. The Labute approximate surface area is 239 Å². The third-order valence-corrected chi connectivity index (χ3v) is 7.09. The Morgan fingerprint density at radius 1 is 0.902 bits per heavy atom. The molecule has 0 spiro atoms. The molecule has 0 aliphatic carbocycles. The van der Waals surface area contributed by atoms with E-state index in [9.17, 15) is 18.0 Å². The molecule has 0 saturated carbocycles. The van der Waals surface area contributed by atoms with Crippen LogP contribution in [0.4, 0.5) is 13.2 Å². The molecular formula is C32H38F3NO5. The number of nitrogens with one attached hydrogen (secondary N) is 1. The Kier molecular flexibility index (Phi) is 9.81. The molecule has 1 amide bonds. The molecule has 2 atom stereocenters. The average molecular weight is 574 g/mol. The van der Waals surface area contributed by atoms with Crippen LogP contribution in [0, 0.1) is 11.8 Å². The maximum Gasteiger partial charge on any atom is 0.471 e. The summed E-state index contributed by atoms with van der Waals surface area (Å²) in [5.41, 5.74) is 5.12. The molecule has 41 heavy (non-hydrogen) atoms. The second kappa shape index (κ2) is 13.0. The van der Waals surface area contributed by atoms with Crippen molar-refractivity contribution in [3.8, 4) is 11.8 Å². The lowest BCUT2D eigenvalue weighted by molar-refractivity contribution is -0.173. The van der Waals surface area contributed by atoms with E-state index in [1.165, 1.54) is 5.56 Å². The highest BCUT2D eigenvalue weighted by Crippen LogP contribution is 2.29. The summed E-state index contributed by atoms with van der Waals surface area (Å²) in [6, 6.07) is 14.4. The van der Waals surface area contributed by atoms with Gasteiger partial charge in [0.05, 0.1) is 32.0 Å². The van der Waals surface area contributed by atoms with Crippen molar-refractivity contribution < 1.29 is 36.9 Å². The zero-order valence-electron chi connectivity index (χ0n) is 24.0. The summed E-state index contributed by atoms with van der Waals surface area (Å²) in [7, 11) is 0. The molecule has 6 nitrogen and oxygen atoms in total. The van der Waals surface area contributed by atoms with Crippen LogP contribution in [0.1, 0.15) is 68.4 Å². The van der Waals surface area contributed by atoms with Gasteiger partial charge in [0, 0.05) is 5.56 Å². The molecule has 2 unspecified atom stereocenters. The number of hydrogen-bond acceptors (Lipinski definition) is 5. The first kappa shape index (κ1) is 31.0. The normalized spacial score (nSPS) is 21.3. The van der Waals surface area contributed by atoms with Gasteiger partial charge in [-0.25, -0.2) is 0 Å². The molecule has 0 radical (unpaired) electrons. The molecule has 2 aliphatic rings. The van der Waals surface area contributed by atoms with Gasteiger partial charge in [0.2, 0.25) is 0 Å². The smallest absolute Gasteiger partial charge is 0.348 e. The van der Waals surface area contributed by atoms with Gasteiger partial charge in [-0.05, 0) is 88.1 Å². The first-order valence-electron chi connectivity index (χ1n) is 14.0. The average Bonchev–Trinajstić information content (AvgIpc) is 3.44. The van der Waals surface area contributed by atoms with Crippen LogP contribution in [0.15, 0.2) is 42.5 Å². The van der Waals surface area contributed by atoms with Gasteiger partial charge in [-0.1, -0.05) is 48.2 Å². The second-order valence-electron chi connectivity index (χ2n) is 11.4. The number of carbonyl (C=O) groups excluding carboxylic acids is 1. The number of amides is 1. The highest BCUT2D eigenvalue weighted by molar-refractivity contribution is 5.81. The zero-order chi connectivity index (χ0) is 29.7. The Bertz CT molecular complexity index is 1260. The number of halogens is 3.